The minimum Gasteiger partial charge on any atom is -0.394 e. The van der Waals surface area contributed by atoms with Crippen LogP contribution in [0.4, 0.5) is 0 Å². The second kappa shape index (κ2) is 6.16. The summed E-state index contributed by atoms with van der Waals surface area (Å²) in [4.78, 5) is 11.9. The quantitative estimate of drug-likeness (QED) is 0.805. The molecule has 1 aromatic rings. The van der Waals surface area contributed by atoms with Crippen LogP contribution in [-0.4, -0.2) is 41.5 Å². The molecule has 1 heterocycles. The number of carbonyl (C=O) groups is 1. The van der Waals surface area contributed by atoms with Crippen molar-refractivity contribution in [1.82, 2.24) is 10.5 Å². The first-order valence-electron chi connectivity index (χ1n) is 6.62. The third kappa shape index (κ3) is 3.54. The van der Waals surface area contributed by atoms with E-state index in [1.807, 2.05) is 0 Å². The number of hydrogen-bond acceptors (Lipinski definition) is 5. The number of nitrogens with zero attached hydrogens (tertiary/aromatic N) is 1. The smallest absolute Gasteiger partial charge is 0.273 e. The SMILES string of the molecule is Cc1cc(C(=O)NCC2(OCCO)CCCC2)no1. The Morgan fingerprint density at radius 2 is 2.32 bits per heavy atom. The molecular formula is C13H20N2O4. The van der Waals surface area contributed by atoms with Gasteiger partial charge in [0.2, 0.25) is 0 Å². The van der Waals surface area contributed by atoms with Crippen molar-refractivity contribution in [3.8, 4) is 0 Å². The number of aryl methyl sites for hydroxylation is 1. The number of aliphatic hydroxyl groups is 1. The van der Waals surface area contributed by atoms with Crippen molar-refractivity contribution in [1.29, 1.82) is 0 Å². The molecule has 6 nitrogen and oxygen atoms in total. The fourth-order valence-corrected chi connectivity index (χ4v) is 2.46. The Morgan fingerprint density at radius 1 is 1.58 bits per heavy atom. The van der Waals surface area contributed by atoms with Gasteiger partial charge in [0.25, 0.3) is 5.91 Å². The normalized spacial score (nSPS) is 17.6. The highest BCUT2D eigenvalue weighted by Crippen LogP contribution is 2.32. The molecule has 0 unspecified atom stereocenters. The molecule has 0 atom stereocenters. The zero-order chi connectivity index (χ0) is 13.7. The van der Waals surface area contributed by atoms with Gasteiger partial charge >= 0.3 is 0 Å². The summed E-state index contributed by atoms with van der Waals surface area (Å²) < 4.78 is 10.6. The van der Waals surface area contributed by atoms with Crippen LogP contribution >= 0.6 is 0 Å². The Balaban J connectivity index is 1.90. The summed E-state index contributed by atoms with van der Waals surface area (Å²) in [6.45, 7) is 2.49. The Labute approximate surface area is 112 Å². The molecule has 0 aromatic carbocycles. The van der Waals surface area contributed by atoms with Gasteiger partial charge < -0.3 is 19.7 Å². The first-order valence-corrected chi connectivity index (χ1v) is 6.62. The Kier molecular flexibility index (Phi) is 4.55. The molecule has 106 valence electrons. The third-order valence-electron chi connectivity index (χ3n) is 3.45. The van der Waals surface area contributed by atoms with Gasteiger partial charge in [-0.25, -0.2) is 0 Å². The van der Waals surface area contributed by atoms with Gasteiger partial charge in [-0.15, -0.1) is 0 Å². The monoisotopic (exact) mass is 268 g/mol. The fourth-order valence-electron chi connectivity index (χ4n) is 2.46. The maximum Gasteiger partial charge on any atom is 0.273 e. The fraction of sp³-hybridized carbons (Fsp3) is 0.692. The van der Waals surface area contributed by atoms with E-state index in [0.29, 0.717) is 18.9 Å². The number of hydrogen-bond donors (Lipinski definition) is 2. The maximum atomic E-state index is 11.9. The molecule has 0 spiro atoms. The summed E-state index contributed by atoms with van der Waals surface area (Å²) in [5.41, 5.74) is -0.0511. The molecule has 1 aromatic heterocycles. The van der Waals surface area contributed by atoms with Crippen LogP contribution in [0.25, 0.3) is 0 Å². The lowest BCUT2D eigenvalue weighted by Crippen LogP contribution is -2.43. The average molecular weight is 268 g/mol. The minimum absolute atomic E-state index is 0.00181. The van der Waals surface area contributed by atoms with Gasteiger partial charge in [-0.1, -0.05) is 18.0 Å². The van der Waals surface area contributed by atoms with Crippen molar-refractivity contribution in [2.45, 2.75) is 38.2 Å². The Morgan fingerprint density at radius 3 is 2.89 bits per heavy atom. The molecule has 0 radical (unpaired) electrons. The van der Waals surface area contributed by atoms with E-state index in [4.69, 9.17) is 14.4 Å². The highest BCUT2D eigenvalue weighted by Gasteiger charge is 2.35. The van der Waals surface area contributed by atoms with Crippen LogP contribution in [-0.2, 0) is 4.74 Å². The van der Waals surface area contributed by atoms with E-state index in [0.717, 1.165) is 25.7 Å². The molecule has 19 heavy (non-hydrogen) atoms. The first kappa shape index (κ1) is 14.0. The molecule has 1 aliphatic rings. The largest absolute Gasteiger partial charge is 0.394 e. The van der Waals surface area contributed by atoms with Crippen LogP contribution in [0.5, 0.6) is 0 Å². The highest BCUT2D eigenvalue weighted by molar-refractivity contribution is 5.92. The van der Waals surface area contributed by atoms with Crippen molar-refractivity contribution in [3.63, 3.8) is 0 Å². The van der Waals surface area contributed by atoms with Crippen LogP contribution < -0.4 is 5.32 Å². The number of aliphatic hydroxyl groups excluding tert-OH is 1. The van der Waals surface area contributed by atoms with Crippen molar-refractivity contribution in [2.75, 3.05) is 19.8 Å². The number of amides is 1. The van der Waals surface area contributed by atoms with E-state index in [1.54, 1.807) is 13.0 Å². The highest BCUT2D eigenvalue weighted by atomic mass is 16.5. The molecule has 1 fully saturated rings. The van der Waals surface area contributed by atoms with Crippen molar-refractivity contribution >= 4 is 5.91 Å². The van der Waals surface area contributed by atoms with Crippen LogP contribution in [0.2, 0.25) is 0 Å². The van der Waals surface area contributed by atoms with Gasteiger partial charge in [0.05, 0.1) is 18.8 Å². The third-order valence-corrected chi connectivity index (χ3v) is 3.45. The van der Waals surface area contributed by atoms with Crippen LogP contribution in [0.3, 0.4) is 0 Å². The minimum atomic E-state index is -0.336. The standard InChI is InChI=1S/C13H20N2O4/c1-10-8-11(15-19-10)12(17)14-9-13(18-7-6-16)4-2-3-5-13/h8,16H,2-7,9H2,1H3,(H,14,17). The molecule has 1 aliphatic carbocycles. The van der Waals surface area contributed by atoms with Crippen molar-refractivity contribution < 1.29 is 19.2 Å². The summed E-state index contributed by atoms with van der Waals surface area (Å²) >= 11 is 0. The molecule has 1 saturated carbocycles. The average Bonchev–Trinajstić information content (AvgIpc) is 3.03. The van der Waals surface area contributed by atoms with Gasteiger partial charge in [-0.3, -0.25) is 4.79 Å². The van der Waals surface area contributed by atoms with Crippen LogP contribution in [0, 0.1) is 6.92 Å². The molecule has 0 bridgehead atoms. The molecule has 6 heteroatoms. The molecule has 1 amide bonds. The van der Waals surface area contributed by atoms with E-state index >= 15 is 0 Å². The van der Waals surface area contributed by atoms with Gasteiger partial charge in [-0.2, -0.15) is 0 Å². The van der Waals surface area contributed by atoms with Crippen LogP contribution in [0.1, 0.15) is 41.9 Å². The van der Waals surface area contributed by atoms with Crippen molar-refractivity contribution in [2.24, 2.45) is 0 Å². The molecule has 2 N–H and O–H groups in total. The lowest BCUT2D eigenvalue weighted by Gasteiger charge is -2.29. The molecule has 0 aliphatic heterocycles. The number of rotatable bonds is 6. The lowest BCUT2D eigenvalue weighted by atomic mass is 10.0. The summed E-state index contributed by atoms with van der Waals surface area (Å²) in [5, 5.41) is 15.4. The van der Waals surface area contributed by atoms with E-state index in [1.165, 1.54) is 0 Å². The topological polar surface area (TPSA) is 84.6 Å². The summed E-state index contributed by atoms with van der Waals surface area (Å²) in [5.74, 6) is 0.355. The Bertz CT molecular complexity index is 424. The zero-order valence-electron chi connectivity index (χ0n) is 11.1. The van der Waals surface area contributed by atoms with Gasteiger partial charge in [-0.05, 0) is 19.8 Å². The summed E-state index contributed by atoms with van der Waals surface area (Å²) in [6.07, 6.45) is 3.99. The van der Waals surface area contributed by atoms with Crippen LogP contribution in [0.15, 0.2) is 10.6 Å². The van der Waals surface area contributed by atoms with E-state index < -0.39 is 0 Å². The van der Waals surface area contributed by atoms with Gasteiger partial charge in [0, 0.05) is 12.6 Å². The number of nitrogens with one attached hydrogen (secondary N) is 1. The second-order valence-corrected chi connectivity index (χ2v) is 4.97. The predicted octanol–water partition coefficient (Wildman–Crippen LogP) is 1.03. The maximum absolute atomic E-state index is 11.9. The number of ether oxygens (including phenoxy) is 1. The summed E-state index contributed by atoms with van der Waals surface area (Å²) in [7, 11) is 0. The number of carbonyl (C=O) groups excluding carboxylic acids is 1. The Hall–Kier alpha value is -1.40. The van der Waals surface area contributed by atoms with Crippen molar-refractivity contribution in [3.05, 3.63) is 17.5 Å². The van der Waals surface area contributed by atoms with Gasteiger partial charge in [0.1, 0.15) is 5.76 Å². The zero-order valence-corrected chi connectivity index (χ0v) is 11.1. The first-order chi connectivity index (χ1) is 9.15. The molecule has 2 rings (SSSR count). The molecule has 0 saturated heterocycles. The van der Waals surface area contributed by atoms with E-state index in [-0.39, 0.29) is 23.8 Å². The second-order valence-electron chi connectivity index (χ2n) is 4.97. The summed E-state index contributed by atoms with van der Waals surface area (Å²) in [6, 6.07) is 1.60. The van der Waals surface area contributed by atoms with E-state index in [2.05, 4.69) is 10.5 Å². The van der Waals surface area contributed by atoms with Gasteiger partial charge in [0.15, 0.2) is 5.69 Å². The molecular weight excluding hydrogens is 248 g/mol. The van der Waals surface area contributed by atoms with E-state index in [9.17, 15) is 4.79 Å². The number of aromatic nitrogens is 1. The lowest BCUT2D eigenvalue weighted by molar-refractivity contribution is -0.0511. The predicted molar refractivity (Wildman–Crippen MR) is 67.8 cm³/mol.